The van der Waals surface area contributed by atoms with E-state index in [2.05, 4.69) is 9.64 Å². The van der Waals surface area contributed by atoms with E-state index in [1.165, 1.54) is 7.11 Å². The molecule has 0 bridgehead atoms. The van der Waals surface area contributed by atoms with Gasteiger partial charge in [0.15, 0.2) is 0 Å². The fourth-order valence-electron chi connectivity index (χ4n) is 1.66. The van der Waals surface area contributed by atoms with Crippen molar-refractivity contribution in [1.82, 2.24) is 0 Å². The molecule has 0 radical (unpaired) electrons. The highest BCUT2D eigenvalue weighted by Gasteiger charge is 2.05. The summed E-state index contributed by atoms with van der Waals surface area (Å²) in [4.78, 5) is 24.2. The predicted octanol–water partition coefficient (Wildman–Crippen LogP) is 1.37. The SMILES string of the molecule is CCN(CCOC(=O)/C=C/C(=O)OC)c1ccc(N)cc1. The Bertz CT molecular complexity index is 497. The van der Waals surface area contributed by atoms with Crippen molar-refractivity contribution in [3.8, 4) is 0 Å². The zero-order valence-electron chi connectivity index (χ0n) is 12.2. The summed E-state index contributed by atoms with van der Waals surface area (Å²) in [6, 6.07) is 7.47. The monoisotopic (exact) mass is 292 g/mol. The molecular weight excluding hydrogens is 272 g/mol. The molecule has 0 aliphatic rings. The number of nitrogens with zero attached hydrogens (tertiary/aromatic N) is 1. The van der Waals surface area contributed by atoms with Crippen molar-refractivity contribution in [3.05, 3.63) is 36.4 Å². The molecule has 114 valence electrons. The van der Waals surface area contributed by atoms with Crippen LogP contribution in [0.4, 0.5) is 11.4 Å². The second-order valence-corrected chi connectivity index (χ2v) is 4.20. The first-order chi connectivity index (χ1) is 10.1. The first-order valence-electron chi connectivity index (χ1n) is 6.60. The minimum atomic E-state index is -0.594. The molecule has 0 aliphatic heterocycles. The number of ether oxygens (including phenoxy) is 2. The summed E-state index contributed by atoms with van der Waals surface area (Å²) < 4.78 is 9.39. The first kappa shape index (κ1) is 16.6. The number of nitrogens with two attached hydrogens (primary N) is 1. The van der Waals surface area contributed by atoms with Gasteiger partial charge in [-0.15, -0.1) is 0 Å². The third-order valence-corrected chi connectivity index (χ3v) is 2.80. The van der Waals surface area contributed by atoms with Gasteiger partial charge >= 0.3 is 11.9 Å². The van der Waals surface area contributed by atoms with Crippen LogP contribution in [0.15, 0.2) is 36.4 Å². The van der Waals surface area contributed by atoms with E-state index in [0.717, 1.165) is 24.4 Å². The number of carbonyl (C=O) groups is 2. The molecule has 0 amide bonds. The van der Waals surface area contributed by atoms with Gasteiger partial charge in [-0.2, -0.15) is 0 Å². The number of likely N-dealkylation sites (N-methyl/N-ethyl adjacent to an activating group) is 1. The summed E-state index contributed by atoms with van der Waals surface area (Å²) in [5.74, 6) is -1.17. The first-order valence-corrected chi connectivity index (χ1v) is 6.60. The van der Waals surface area contributed by atoms with Crippen molar-refractivity contribution < 1.29 is 19.1 Å². The molecule has 1 aromatic rings. The Morgan fingerprint density at radius 1 is 1.19 bits per heavy atom. The molecule has 2 N–H and O–H groups in total. The average Bonchev–Trinajstić information content (AvgIpc) is 2.50. The lowest BCUT2D eigenvalue weighted by molar-refractivity contribution is -0.139. The normalized spacial score (nSPS) is 10.4. The molecule has 0 spiro atoms. The molecule has 0 heterocycles. The van der Waals surface area contributed by atoms with Crippen LogP contribution in [0.25, 0.3) is 0 Å². The second-order valence-electron chi connectivity index (χ2n) is 4.20. The van der Waals surface area contributed by atoms with Crippen LogP contribution in [-0.2, 0) is 19.1 Å². The van der Waals surface area contributed by atoms with E-state index in [4.69, 9.17) is 10.5 Å². The van der Waals surface area contributed by atoms with Gasteiger partial charge in [0.05, 0.1) is 13.7 Å². The summed E-state index contributed by atoms with van der Waals surface area (Å²) in [6.07, 6.45) is 2.07. The molecule has 0 saturated carbocycles. The average molecular weight is 292 g/mol. The van der Waals surface area contributed by atoms with Gasteiger partial charge in [-0.1, -0.05) is 0 Å². The second kappa shape index (κ2) is 8.63. The van der Waals surface area contributed by atoms with Crippen LogP contribution < -0.4 is 10.6 Å². The third-order valence-electron chi connectivity index (χ3n) is 2.80. The Kier molecular flexibility index (Phi) is 6.80. The van der Waals surface area contributed by atoms with E-state index in [1.54, 1.807) is 0 Å². The minimum Gasteiger partial charge on any atom is -0.466 e. The molecule has 0 aromatic heterocycles. The number of methoxy groups -OCH3 is 1. The number of hydrogen-bond acceptors (Lipinski definition) is 6. The van der Waals surface area contributed by atoms with Gasteiger partial charge < -0.3 is 20.1 Å². The van der Waals surface area contributed by atoms with Crippen LogP contribution in [0.3, 0.4) is 0 Å². The number of nitrogen functional groups attached to an aromatic ring is 1. The third kappa shape index (κ3) is 5.99. The molecule has 1 aromatic carbocycles. The van der Waals surface area contributed by atoms with Crippen LogP contribution in [-0.4, -0.2) is 38.7 Å². The zero-order chi connectivity index (χ0) is 15.7. The Morgan fingerprint density at radius 3 is 2.38 bits per heavy atom. The highest BCUT2D eigenvalue weighted by molar-refractivity contribution is 5.91. The Labute approximate surface area is 124 Å². The lowest BCUT2D eigenvalue weighted by atomic mass is 10.2. The maximum Gasteiger partial charge on any atom is 0.331 e. The van der Waals surface area contributed by atoms with Crippen molar-refractivity contribution in [2.45, 2.75) is 6.92 Å². The molecule has 1 rings (SSSR count). The smallest absolute Gasteiger partial charge is 0.331 e. The van der Waals surface area contributed by atoms with Crippen molar-refractivity contribution in [1.29, 1.82) is 0 Å². The van der Waals surface area contributed by atoms with Crippen molar-refractivity contribution in [2.24, 2.45) is 0 Å². The van der Waals surface area contributed by atoms with Crippen LogP contribution in [0, 0.1) is 0 Å². The fraction of sp³-hybridized carbons (Fsp3) is 0.333. The molecule has 6 heteroatoms. The Morgan fingerprint density at radius 2 is 1.81 bits per heavy atom. The Balaban J connectivity index is 2.42. The van der Waals surface area contributed by atoms with Gasteiger partial charge in [-0.25, -0.2) is 9.59 Å². The maximum atomic E-state index is 11.4. The highest BCUT2D eigenvalue weighted by Crippen LogP contribution is 2.15. The van der Waals surface area contributed by atoms with Crippen molar-refractivity contribution >= 4 is 23.3 Å². The van der Waals surface area contributed by atoms with Crippen LogP contribution in [0.1, 0.15) is 6.92 Å². The molecular formula is C15H20N2O4. The number of benzene rings is 1. The fourth-order valence-corrected chi connectivity index (χ4v) is 1.66. The van der Waals surface area contributed by atoms with Crippen LogP contribution in [0.2, 0.25) is 0 Å². The van der Waals surface area contributed by atoms with Gasteiger partial charge in [-0.05, 0) is 31.2 Å². The quantitative estimate of drug-likeness (QED) is 0.464. The molecule has 21 heavy (non-hydrogen) atoms. The van der Waals surface area contributed by atoms with Gasteiger partial charge in [0, 0.05) is 30.1 Å². The van der Waals surface area contributed by atoms with E-state index in [-0.39, 0.29) is 6.61 Å². The van der Waals surface area contributed by atoms with Crippen LogP contribution >= 0.6 is 0 Å². The lowest BCUT2D eigenvalue weighted by Crippen LogP contribution is -2.27. The van der Waals surface area contributed by atoms with Gasteiger partial charge in [0.2, 0.25) is 0 Å². The maximum absolute atomic E-state index is 11.4. The number of anilines is 2. The highest BCUT2D eigenvalue weighted by atomic mass is 16.5. The van der Waals surface area contributed by atoms with Gasteiger partial charge in [-0.3, -0.25) is 0 Å². The standard InChI is InChI=1S/C15H20N2O4/c1-3-17(13-6-4-12(16)5-7-13)10-11-21-15(19)9-8-14(18)20-2/h4-9H,3,10-11,16H2,1-2H3/b9-8+. The van der Waals surface area contributed by atoms with Crippen molar-refractivity contribution in [3.63, 3.8) is 0 Å². The molecule has 0 unspecified atom stereocenters. The van der Waals surface area contributed by atoms with E-state index in [0.29, 0.717) is 12.2 Å². The van der Waals surface area contributed by atoms with Gasteiger partial charge in [0.25, 0.3) is 0 Å². The lowest BCUT2D eigenvalue weighted by Gasteiger charge is -2.22. The molecule has 0 saturated heterocycles. The molecule has 0 aliphatic carbocycles. The number of hydrogen-bond donors (Lipinski definition) is 1. The minimum absolute atomic E-state index is 0.225. The predicted molar refractivity (Wildman–Crippen MR) is 80.9 cm³/mol. The number of esters is 2. The number of carbonyl (C=O) groups excluding carboxylic acids is 2. The summed E-state index contributed by atoms with van der Waals surface area (Å²) in [5, 5.41) is 0. The summed E-state index contributed by atoms with van der Waals surface area (Å²) in [6.45, 7) is 3.57. The molecule has 0 fully saturated rings. The zero-order valence-corrected chi connectivity index (χ0v) is 12.2. The van der Waals surface area contributed by atoms with E-state index >= 15 is 0 Å². The topological polar surface area (TPSA) is 81.9 Å². The van der Waals surface area contributed by atoms with E-state index in [9.17, 15) is 9.59 Å². The van der Waals surface area contributed by atoms with Crippen LogP contribution in [0.5, 0.6) is 0 Å². The molecule has 6 nitrogen and oxygen atoms in total. The Hall–Kier alpha value is -2.50. The number of rotatable bonds is 7. The largest absolute Gasteiger partial charge is 0.466 e. The summed E-state index contributed by atoms with van der Waals surface area (Å²) in [5.41, 5.74) is 7.35. The van der Waals surface area contributed by atoms with Crippen molar-refractivity contribution in [2.75, 3.05) is 37.4 Å². The summed E-state index contributed by atoms with van der Waals surface area (Å²) >= 11 is 0. The van der Waals surface area contributed by atoms with E-state index in [1.807, 2.05) is 31.2 Å². The van der Waals surface area contributed by atoms with E-state index < -0.39 is 11.9 Å². The molecule has 0 atom stereocenters. The van der Waals surface area contributed by atoms with Gasteiger partial charge in [0.1, 0.15) is 6.61 Å². The summed E-state index contributed by atoms with van der Waals surface area (Å²) in [7, 11) is 1.24.